The number of amides is 3. The first-order valence-electron chi connectivity index (χ1n) is 11.3. The third-order valence-corrected chi connectivity index (χ3v) is 7.38. The molecule has 2 aliphatic heterocycles. The second kappa shape index (κ2) is 9.82. The van der Waals surface area contributed by atoms with E-state index in [1.807, 2.05) is 6.26 Å². The van der Waals surface area contributed by atoms with Crippen LogP contribution in [0.2, 0.25) is 0 Å². The molecule has 11 heteroatoms. The smallest absolute Gasteiger partial charge is 0.324 e. The second-order valence-electron chi connectivity index (χ2n) is 8.78. The van der Waals surface area contributed by atoms with Crippen molar-refractivity contribution >= 4 is 46.8 Å². The molecule has 10 nitrogen and oxygen atoms in total. The van der Waals surface area contributed by atoms with Gasteiger partial charge in [0.2, 0.25) is 17.7 Å². The van der Waals surface area contributed by atoms with Crippen molar-refractivity contribution in [2.75, 3.05) is 29.3 Å². The van der Waals surface area contributed by atoms with Crippen molar-refractivity contribution in [1.29, 1.82) is 0 Å². The largest absolute Gasteiger partial charge is 0.504 e. The summed E-state index contributed by atoms with van der Waals surface area (Å²) in [5.74, 6) is -4.57. The lowest BCUT2D eigenvalue weighted by Gasteiger charge is -2.31. The number of aromatic hydroxyl groups is 1. The molecule has 0 aromatic heterocycles. The summed E-state index contributed by atoms with van der Waals surface area (Å²) in [6, 6.07) is 10.0. The first-order chi connectivity index (χ1) is 17.2. The topological polar surface area (TPSA) is 145 Å². The van der Waals surface area contributed by atoms with Crippen LogP contribution in [-0.4, -0.2) is 58.6 Å². The zero-order chi connectivity index (χ0) is 26.2. The number of fused-ring (bicyclic) bond motifs is 1. The number of hydrogen-bond acceptors (Lipinski definition) is 8. The minimum Gasteiger partial charge on any atom is -0.504 e. The zero-order valence-electron chi connectivity index (χ0n) is 20.0. The molecule has 2 aromatic rings. The van der Waals surface area contributed by atoms with Gasteiger partial charge in [0.1, 0.15) is 5.54 Å². The molecule has 190 valence electrons. The summed E-state index contributed by atoms with van der Waals surface area (Å²) in [4.78, 5) is 52.6. The lowest BCUT2D eigenvalue weighted by Crippen LogP contribution is -2.56. The van der Waals surface area contributed by atoms with Gasteiger partial charge in [-0.2, -0.15) is 11.8 Å². The third kappa shape index (κ3) is 4.07. The highest BCUT2D eigenvalue weighted by Crippen LogP contribution is 2.53. The maximum atomic E-state index is 13.8. The lowest BCUT2D eigenvalue weighted by molar-refractivity contribution is -0.148. The molecule has 0 bridgehead atoms. The average Bonchev–Trinajstić information content (AvgIpc) is 3.32. The monoisotopic (exact) mass is 513 g/mol. The minimum atomic E-state index is -1.72. The van der Waals surface area contributed by atoms with Gasteiger partial charge in [-0.25, -0.2) is 4.90 Å². The summed E-state index contributed by atoms with van der Waals surface area (Å²) in [6.45, 7) is 1.36. The van der Waals surface area contributed by atoms with E-state index in [1.54, 1.807) is 30.3 Å². The van der Waals surface area contributed by atoms with Gasteiger partial charge in [0, 0.05) is 24.2 Å². The molecule has 0 saturated carbocycles. The van der Waals surface area contributed by atoms with Crippen LogP contribution in [0.4, 0.5) is 11.4 Å². The summed E-state index contributed by atoms with van der Waals surface area (Å²) in [6.07, 6.45) is 1.93. The van der Waals surface area contributed by atoms with Crippen LogP contribution in [-0.2, 0) is 19.2 Å². The van der Waals surface area contributed by atoms with Gasteiger partial charge >= 0.3 is 5.97 Å². The maximum absolute atomic E-state index is 13.8. The van der Waals surface area contributed by atoms with Crippen molar-refractivity contribution in [3.8, 4) is 11.5 Å². The molecule has 36 heavy (non-hydrogen) atoms. The summed E-state index contributed by atoms with van der Waals surface area (Å²) < 4.78 is 5.21. The van der Waals surface area contributed by atoms with Gasteiger partial charge in [-0.15, -0.1) is 0 Å². The number of carboxylic acids is 1. The van der Waals surface area contributed by atoms with E-state index in [1.165, 1.54) is 37.9 Å². The molecule has 2 fully saturated rings. The summed E-state index contributed by atoms with van der Waals surface area (Å²) in [5.41, 5.74) is -0.677. The van der Waals surface area contributed by atoms with E-state index in [0.717, 1.165) is 4.90 Å². The molecule has 0 unspecified atom stereocenters. The molecule has 2 aromatic carbocycles. The van der Waals surface area contributed by atoms with Crippen molar-refractivity contribution in [2.24, 2.45) is 11.8 Å². The number of carbonyl (C=O) groups excluding carboxylic acids is 3. The number of thioether (sulfide) groups is 1. The van der Waals surface area contributed by atoms with Crippen LogP contribution in [0.25, 0.3) is 0 Å². The highest BCUT2D eigenvalue weighted by Gasteiger charge is 2.68. The Balaban J connectivity index is 1.82. The van der Waals surface area contributed by atoms with Crippen LogP contribution in [0.15, 0.2) is 42.5 Å². The van der Waals surface area contributed by atoms with Crippen LogP contribution in [0, 0.1) is 11.8 Å². The average molecular weight is 514 g/mol. The van der Waals surface area contributed by atoms with Crippen LogP contribution >= 0.6 is 11.8 Å². The molecular weight excluding hydrogens is 486 g/mol. The highest BCUT2D eigenvalue weighted by atomic mass is 32.2. The standard InChI is InChI=1S/C25H27N3O7S/c1-13(29)26-14-7-9-15(10-8-14)28-22(31)18-19(23(28)32)25(24(33)34,11-12-36-3)27-20(18)16-5-4-6-17(35-2)21(16)30/h4-10,18-20,27,30H,11-12H2,1-3H3,(H,26,29)(H,33,34)/t18-,19-,20-,25+/m0/s1. The Labute approximate surface area is 212 Å². The van der Waals surface area contributed by atoms with E-state index in [9.17, 15) is 29.4 Å². The van der Waals surface area contributed by atoms with Crippen molar-refractivity contribution in [3.63, 3.8) is 0 Å². The Hall–Kier alpha value is -3.57. The number of phenolic OH excluding ortho intramolecular Hbond substituents is 1. The predicted octanol–water partition coefficient (Wildman–Crippen LogP) is 2.39. The van der Waals surface area contributed by atoms with Gasteiger partial charge in [-0.05, 0) is 48.8 Å². The van der Waals surface area contributed by atoms with E-state index in [0.29, 0.717) is 11.4 Å². The lowest BCUT2D eigenvalue weighted by atomic mass is 9.78. The molecule has 2 heterocycles. The number of aliphatic carboxylic acids is 1. The van der Waals surface area contributed by atoms with Crippen molar-refractivity contribution in [2.45, 2.75) is 24.9 Å². The normalized spacial score (nSPS) is 25.1. The number of para-hydroxylation sites is 1. The SMILES string of the molecule is COc1cccc([C@@H]2N[C@@](CCSC)(C(=O)O)[C@@H]3C(=O)N(c4ccc(NC(C)=O)cc4)C(=O)[C@@H]32)c1O. The van der Waals surface area contributed by atoms with Gasteiger partial charge in [-0.3, -0.25) is 24.5 Å². The van der Waals surface area contributed by atoms with Crippen molar-refractivity contribution < 1.29 is 34.1 Å². The number of carboxylic acid groups (broad SMARTS) is 1. The van der Waals surface area contributed by atoms with Crippen molar-refractivity contribution in [3.05, 3.63) is 48.0 Å². The van der Waals surface area contributed by atoms with Crippen LogP contribution in [0.5, 0.6) is 11.5 Å². The molecule has 0 radical (unpaired) electrons. The van der Waals surface area contributed by atoms with Crippen LogP contribution in [0.1, 0.15) is 24.9 Å². The number of rotatable bonds is 8. The molecule has 2 saturated heterocycles. The van der Waals surface area contributed by atoms with Crippen LogP contribution in [0.3, 0.4) is 0 Å². The number of anilines is 2. The predicted molar refractivity (Wildman–Crippen MR) is 134 cm³/mol. The molecule has 4 atom stereocenters. The Kier molecular flexibility index (Phi) is 6.96. The molecule has 0 spiro atoms. The number of methoxy groups -OCH3 is 1. The Morgan fingerprint density at radius 2 is 1.86 bits per heavy atom. The Morgan fingerprint density at radius 1 is 1.17 bits per heavy atom. The fourth-order valence-electron chi connectivity index (χ4n) is 5.17. The number of carbonyl (C=O) groups is 4. The minimum absolute atomic E-state index is 0.0974. The molecule has 4 rings (SSSR count). The van der Waals surface area contributed by atoms with E-state index in [2.05, 4.69) is 10.6 Å². The van der Waals surface area contributed by atoms with Gasteiger partial charge in [0.25, 0.3) is 0 Å². The summed E-state index contributed by atoms with van der Waals surface area (Å²) in [7, 11) is 1.39. The van der Waals surface area contributed by atoms with E-state index in [4.69, 9.17) is 4.74 Å². The number of hydrogen-bond donors (Lipinski definition) is 4. The molecule has 0 aliphatic carbocycles. The number of benzene rings is 2. The van der Waals surface area contributed by atoms with E-state index in [-0.39, 0.29) is 35.1 Å². The highest BCUT2D eigenvalue weighted by molar-refractivity contribution is 7.98. The van der Waals surface area contributed by atoms with E-state index >= 15 is 0 Å². The quantitative estimate of drug-likeness (QED) is 0.391. The number of phenols is 1. The first-order valence-corrected chi connectivity index (χ1v) is 12.7. The Bertz CT molecular complexity index is 1220. The zero-order valence-corrected chi connectivity index (χ0v) is 20.8. The molecule has 4 N–H and O–H groups in total. The summed E-state index contributed by atoms with van der Waals surface area (Å²) >= 11 is 1.43. The first kappa shape index (κ1) is 25.5. The third-order valence-electron chi connectivity index (χ3n) is 6.77. The fourth-order valence-corrected chi connectivity index (χ4v) is 5.70. The summed E-state index contributed by atoms with van der Waals surface area (Å²) in [5, 5.41) is 26.9. The van der Waals surface area contributed by atoms with Gasteiger partial charge in [-0.1, -0.05) is 12.1 Å². The van der Waals surface area contributed by atoms with Crippen molar-refractivity contribution in [1.82, 2.24) is 5.32 Å². The number of nitrogens with one attached hydrogen (secondary N) is 2. The Morgan fingerprint density at radius 3 is 2.44 bits per heavy atom. The fraction of sp³-hybridized carbons (Fsp3) is 0.360. The number of nitrogens with zero attached hydrogens (tertiary/aromatic N) is 1. The number of imide groups is 1. The van der Waals surface area contributed by atoms with Gasteiger partial charge in [0.15, 0.2) is 11.5 Å². The van der Waals surface area contributed by atoms with Gasteiger partial charge in [0.05, 0.1) is 24.6 Å². The number of ether oxygens (including phenoxy) is 1. The van der Waals surface area contributed by atoms with E-state index < -0.39 is 41.2 Å². The molecular formula is C25H27N3O7S. The maximum Gasteiger partial charge on any atom is 0.324 e. The molecule has 2 aliphatic rings. The van der Waals surface area contributed by atoms with Gasteiger partial charge < -0.3 is 20.3 Å². The molecule has 3 amide bonds. The second-order valence-corrected chi connectivity index (χ2v) is 9.77. The van der Waals surface area contributed by atoms with Crippen LogP contribution < -0.4 is 20.3 Å².